The molecule has 0 amide bonds. The van der Waals surface area contributed by atoms with Crippen LogP contribution in [0.1, 0.15) is 45.0 Å². The van der Waals surface area contributed by atoms with Crippen molar-refractivity contribution in [2.75, 3.05) is 5.73 Å². The first-order chi connectivity index (χ1) is 12.9. The number of aliphatic hydroxyl groups is 1. The van der Waals surface area contributed by atoms with Crippen molar-refractivity contribution >= 4 is 5.82 Å². The number of imidazole rings is 1. The fourth-order valence-electron chi connectivity index (χ4n) is 4.09. The van der Waals surface area contributed by atoms with Crippen LogP contribution in [0.4, 0.5) is 23.4 Å². The van der Waals surface area contributed by atoms with E-state index in [2.05, 4.69) is 14.7 Å². The van der Waals surface area contributed by atoms with Gasteiger partial charge in [-0.05, 0) is 12.0 Å². The third kappa shape index (κ3) is 2.99. The Morgan fingerprint density at radius 1 is 1.29 bits per heavy atom. The van der Waals surface area contributed by atoms with Gasteiger partial charge < -0.3 is 20.1 Å². The van der Waals surface area contributed by atoms with E-state index in [1.54, 1.807) is 10.8 Å². The number of nitrogens with two attached hydrogens (primary N) is 1. The Kier molecular flexibility index (Phi) is 3.94. The van der Waals surface area contributed by atoms with Crippen molar-refractivity contribution in [3.05, 3.63) is 24.3 Å². The third-order valence-corrected chi connectivity index (χ3v) is 5.48. The van der Waals surface area contributed by atoms with Crippen LogP contribution in [-0.4, -0.2) is 31.7 Å². The van der Waals surface area contributed by atoms with Crippen LogP contribution in [0.25, 0.3) is 11.3 Å². The second kappa shape index (κ2) is 5.82. The topological polar surface area (TPSA) is 86.2 Å². The van der Waals surface area contributed by atoms with Gasteiger partial charge in [-0.3, -0.25) is 0 Å². The van der Waals surface area contributed by atoms with Gasteiger partial charge in [0.15, 0.2) is 11.6 Å². The number of ether oxygens (including phenoxy) is 1. The first kappa shape index (κ1) is 19.0. The predicted octanol–water partition coefficient (Wildman–Crippen LogP) is 3.72. The van der Waals surface area contributed by atoms with Crippen LogP contribution in [0.3, 0.4) is 0 Å². The van der Waals surface area contributed by atoms with Crippen molar-refractivity contribution in [3.63, 3.8) is 0 Å². The zero-order valence-electron chi connectivity index (χ0n) is 15.3. The molecule has 0 aliphatic heterocycles. The first-order valence-electron chi connectivity index (χ1n) is 8.90. The van der Waals surface area contributed by atoms with E-state index in [0.717, 1.165) is 6.07 Å². The minimum absolute atomic E-state index is 0.144. The number of rotatable bonds is 5. The van der Waals surface area contributed by atoms with Crippen molar-refractivity contribution in [1.82, 2.24) is 14.5 Å². The number of alkyl halides is 4. The molecule has 2 aromatic heterocycles. The highest BCUT2D eigenvalue weighted by atomic mass is 19.4. The van der Waals surface area contributed by atoms with Gasteiger partial charge in [-0.2, -0.15) is 0 Å². The zero-order chi connectivity index (χ0) is 20.5. The highest BCUT2D eigenvalue weighted by molar-refractivity contribution is 5.64. The largest absolute Gasteiger partial charge is 0.573 e. The lowest BCUT2D eigenvalue weighted by atomic mass is 9.47. The molecule has 10 heteroatoms. The lowest BCUT2D eigenvalue weighted by Crippen LogP contribution is -2.70. The zero-order valence-corrected chi connectivity index (χ0v) is 15.3. The fourth-order valence-corrected chi connectivity index (χ4v) is 4.09. The van der Waals surface area contributed by atoms with Crippen molar-refractivity contribution in [1.29, 1.82) is 0 Å². The quantitative estimate of drug-likeness (QED) is 0.748. The molecule has 5 rings (SSSR count). The minimum Gasteiger partial charge on any atom is -0.402 e. The maximum Gasteiger partial charge on any atom is 0.573 e. The molecule has 3 fully saturated rings. The van der Waals surface area contributed by atoms with E-state index in [4.69, 9.17) is 5.73 Å². The van der Waals surface area contributed by atoms with Crippen molar-refractivity contribution in [2.24, 2.45) is 5.92 Å². The molecule has 0 unspecified atom stereocenters. The summed E-state index contributed by atoms with van der Waals surface area (Å²) in [5.74, 6) is -0.809. The molecule has 1 atom stereocenters. The number of nitrogens with zero attached hydrogens (tertiary/aromatic N) is 3. The smallest absolute Gasteiger partial charge is 0.402 e. The van der Waals surface area contributed by atoms with E-state index in [1.165, 1.54) is 6.20 Å². The van der Waals surface area contributed by atoms with Crippen LogP contribution >= 0.6 is 0 Å². The van der Waals surface area contributed by atoms with Gasteiger partial charge in [-0.15, -0.1) is 13.2 Å². The Bertz CT molecular complexity index is 905. The van der Waals surface area contributed by atoms with Crippen molar-refractivity contribution < 1.29 is 27.4 Å². The van der Waals surface area contributed by atoms with E-state index >= 15 is 0 Å². The van der Waals surface area contributed by atoms with Crippen molar-refractivity contribution in [2.45, 2.75) is 56.8 Å². The van der Waals surface area contributed by atoms with Gasteiger partial charge in [0.2, 0.25) is 0 Å². The highest BCUT2D eigenvalue weighted by Crippen LogP contribution is 2.68. The maximum atomic E-state index is 14.0. The summed E-state index contributed by atoms with van der Waals surface area (Å²) in [5, 5.41) is 10.6. The molecule has 6 nitrogen and oxygen atoms in total. The molecule has 2 aromatic rings. The van der Waals surface area contributed by atoms with Crippen LogP contribution in [-0.2, 0) is 5.54 Å². The summed E-state index contributed by atoms with van der Waals surface area (Å²) in [4.78, 5) is 8.19. The number of pyridine rings is 1. The molecule has 0 radical (unpaired) electrons. The van der Waals surface area contributed by atoms with Gasteiger partial charge in [-0.1, -0.05) is 13.8 Å². The number of anilines is 1. The second-order valence-corrected chi connectivity index (χ2v) is 8.10. The van der Waals surface area contributed by atoms with Gasteiger partial charge in [0.1, 0.15) is 17.6 Å². The second-order valence-electron chi connectivity index (χ2n) is 8.10. The fraction of sp³-hybridized carbons (Fsp3) is 0.556. The molecule has 152 valence electrons. The number of aromatic nitrogens is 3. The summed E-state index contributed by atoms with van der Waals surface area (Å²) in [7, 11) is 0. The maximum absolute atomic E-state index is 14.0. The Balaban J connectivity index is 1.74. The monoisotopic (exact) mass is 400 g/mol. The Hall–Kier alpha value is -2.36. The van der Waals surface area contributed by atoms with Crippen LogP contribution < -0.4 is 10.5 Å². The summed E-state index contributed by atoms with van der Waals surface area (Å²) in [5.41, 5.74) is 4.46. The highest BCUT2D eigenvalue weighted by Gasteiger charge is 2.70. The Morgan fingerprint density at radius 2 is 1.93 bits per heavy atom. The summed E-state index contributed by atoms with van der Waals surface area (Å²) in [6, 6.07) is 1.10. The van der Waals surface area contributed by atoms with Gasteiger partial charge in [0.05, 0.1) is 11.2 Å². The lowest BCUT2D eigenvalue weighted by molar-refractivity contribution is -0.274. The number of hydrogen-bond acceptors (Lipinski definition) is 5. The molecular formula is C18H20F4N4O2. The summed E-state index contributed by atoms with van der Waals surface area (Å²) >= 11 is 0. The van der Waals surface area contributed by atoms with Crippen LogP contribution in [0.15, 0.2) is 18.5 Å². The minimum atomic E-state index is -4.91. The number of hydrogen-bond donors (Lipinski definition) is 2. The van der Waals surface area contributed by atoms with Gasteiger partial charge in [0, 0.05) is 37.2 Å². The summed E-state index contributed by atoms with van der Waals surface area (Å²) in [6.45, 7) is 3.64. The normalized spacial score (nSPS) is 27.3. The van der Waals surface area contributed by atoms with Crippen LogP contribution in [0.2, 0.25) is 0 Å². The number of aliphatic hydroxyl groups excluding tert-OH is 1. The standard InChI is InChI=1S/C18H20F4N4O2/c1-9(2)13(27)15-25-11(5-26(15)17-6-16(19,7-17)8-17)10-3-12(14(23)24-4-10)28-18(20,21)22/h3-5,9,13,27H,6-8H2,1-2H3,(H2,23,24)/t13-,16?,17?/m0/s1. The Morgan fingerprint density at radius 3 is 2.46 bits per heavy atom. The van der Waals surface area contributed by atoms with Gasteiger partial charge in [0.25, 0.3) is 0 Å². The molecular weight excluding hydrogens is 380 g/mol. The van der Waals surface area contributed by atoms with Gasteiger partial charge in [-0.25, -0.2) is 14.4 Å². The van der Waals surface area contributed by atoms with E-state index in [0.29, 0.717) is 30.8 Å². The number of halogens is 4. The van der Waals surface area contributed by atoms with Crippen molar-refractivity contribution in [3.8, 4) is 17.0 Å². The molecule has 3 aliphatic carbocycles. The summed E-state index contributed by atoms with van der Waals surface area (Å²) < 4.78 is 57.5. The number of nitrogen functional groups attached to an aromatic ring is 1. The third-order valence-electron chi connectivity index (χ3n) is 5.48. The average molecular weight is 400 g/mol. The first-order valence-corrected chi connectivity index (χ1v) is 8.90. The van der Waals surface area contributed by atoms with Crippen LogP contribution in [0.5, 0.6) is 5.75 Å². The lowest BCUT2D eigenvalue weighted by Gasteiger charge is -2.66. The molecule has 3 N–H and O–H groups in total. The molecule has 2 heterocycles. The average Bonchev–Trinajstić information content (AvgIpc) is 2.95. The molecule has 0 aromatic carbocycles. The predicted molar refractivity (Wildman–Crippen MR) is 92.0 cm³/mol. The Labute approximate surface area is 158 Å². The van der Waals surface area contributed by atoms with Gasteiger partial charge >= 0.3 is 6.36 Å². The van der Waals surface area contributed by atoms with E-state index < -0.39 is 35.2 Å². The molecule has 2 bridgehead atoms. The molecule has 0 spiro atoms. The van der Waals surface area contributed by atoms with Crippen LogP contribution in [0, 0.1) is 5.92 Å². The van der Waals surface area contributed by atoms with E-state index in [1.807, 2.05) is 13.8 Å². The summed E-state index contributed by atoms with van der Waals surface area (Å²) in [6.07, 6.45) is -1.86. The molecule has 28 heavy (non-hydrogen) atoms. The molecule has 3 aliphatic rings. The SMILES string of the molecule is CC(C)[C@H](O)c1nc(-c2cnc(N)c(OC(F)(F)F)c2)cn1C12CC(F)(C1)C2. The molecule has 3 saturated carbocycles. The van der Waals surface area contributed by atoms with E-state index in [9.17, 15) is 22.7 Å². The van der Waals surface area contributed by atoms with E-state index in [-0.39, 0.29) is 11.5 Å². The molecule has 0 saturated heterocycles.